The van der Waals surface area contributed by atoms with Crippen molar-refractivity contribution in [3.8, 4) is 0 Å². The van der Waals surface area contributed by atoms with E-state index in [9.17, 15) is 4.79 Å². The predicted octanol–water partition coefficient (Wildman–Crippen LogP) is 0.711. The molecule has 82 valence electrons. The zero-order valence-electron chi connectivity index (χ0n) is 8.54. The van der Waals surface area contributed by atoms with Gasteiger partial charge < -0.3 is 16.2 Å². The molecule has 1 saturated carbocycles. The Morgan fingerprint density at radius 1 is 1.36 bits per heavy atom. The molecule has 4 N–H and O–H groups in total. The normalized spacial score (nSPS) is 27.5. The van der Waals surface area contributed by atoms with Crippen molar-refractivity contribution in [3.05, 3.63) is 0 Å². The highest BCUT2D eigenvalue weighted by Gasteiger charge is 2.17. The van der Waals surface area contributed by atoms with Gasteiger partial charge in [0.1, 0.15) is 0 Å². The Morgan fingerprint density at radius 2 is 2.00 bits per heavy atom. The number of hydrogen-bond donors (Lipinski definition) is 3. The summed E-state index contributed by atoms with van der Waals surface area (Å²) in [4.78, 5) is 10.2. The van der Waals surface area contributed by atoms with Gasteiger partial charge in [0.05, 0.1) is 0 Å². The zero-order chi connectivity index (χ0) is 10.4. The lowest BCUT2D eigenvalue weighted by atomic mass is 9.92. The van der Waals surface area contributed by atoms with Crippen LogP contribution in [0.4, 0.5) is 0 Å². The van der Waals surface area contributed by atoms with Crippen LogP contribution in [-0.4, -0.2) is 29.7 Å². The van der Waals surface area contributed by atoms with Gasteiger partial charge in [-0.15, -0.1) is 0 Å². The first-order valence-corrected chi connectivity index (χ1v) is 5.39. The summed E-state index contributed by atoms with van der Waals surface area (Å²) in [6.45, 7) is 0.812. The fraction of sp³-hybridized carbons (Fsp3) is 0.900. The molecule has 0 aromatic heterocycles. The Balaban J connectivity index is 1.99. The van der Waals surface area contributed by atoms with E-state index >= 15 is 0 Å². The highest BCUT2D eigenvalue weighted by molar-refractivity contribution is 5.66. The Bertz CT molecular complexity index is 177. The molecule has 0 unspecified atom stereocenters. The third kappa shape index (κ3) is 4.58. The Kier molecular flexibility index (Phi) is 4.90. The average Bonchev–Trinajstić information content (AvgIpc) is 2.15. The van der Waals surface area contributed by atoms with Crippen molar-refractivity contribution in [2.45, 2.75) is 50.6 Å². The summed E-state index contributed by atoms with van der Waals surface area (Å²) >= 11 is 0. The van der Waals surface area contributed by atoms with Crippen LogP contribution in [0.3, 0.4) is 0 Å². The van der Waals surface area contributed by atoms with Crippen molar-refractivity contribution in [1.82, 2.24) is 5.32 Å². The largest absolute Gasteiger partial charge is 0.481 e. The summed E-state index contributed by atoms with van der Waals surface area (Å²) in [5.41, 5.74) is 5.79. The fourth-order valence-electron chi connectivity index (χ4n) is 1.87. The molecule has 0 spiro atoms. The maximum atomic E-state index is 10.2. The van der Waals surface area contributed by atoms with Gasteiger partial charge in [-0.25, -0.2) is 0 Å². The number of nitrogens with two attached hydrogens (primary N) is 1. The van der Waals surface area contributed by atoms with E-state index in [0.717, 1.165) is 38.6 Å². The summed E-state index contributed by atoms with van der Waals surface area (Å²) in [5.74, 6) is -0.711. The molecule has 4 nitrogen and oxygen atoms in total. The van der Waals surface area contributed by atoms with Gasteiger partial charge in [0.2, 0.25) is 0 Å². The third-order valence-electron chi connectivity index (χ3n) is 2.77. The molecular formula is C10H20N2O2. The van der Waals surface area contributed by atoms with Gasteiger partial charge in [0.25, 0.3) is 0 Å². The standard InChI is InChI=1S/C10H20N2O2/c11-8-3-5-9(6-4-8)12-7-1-2-10(13)14/h8-9,12H,1-7,11H2,(H,13,14). The van der Waals surface area contributed by atoms with Gasteiger partial charge >= 0.3 is 5.97 Å². The van der Waals surface area contributed by atoms with Crippen molar-refractivity contribution in [2.24, 2.45) is 5.73 Å². The van der Waals surface area contributed by atoms with E-state index in [2.05, 4.69) is 5.32 Å². The molecule has 0 aliphatic heterocycles. The van der Waals surface area contributed by atoms with E-state index in [1.807, 2.05) is 0 Å². The smallest absolute Gasteiger partial charge is 0.303 e. The van der Waals surface area contributed by atoms with Crippen molar-refractivity contribution < 1.29 is 9.90 Å². The quantitative estimate of drug-likeness (QED) is 0.571. The van der Waals surface area contributed by atoms with E-state index in [0.29, 0.717) is 12.1 Å². The minimum Gasteiger partial charge on any atom is -0.481 e. The van der Waals surface area contributed by atoms with Crippen molar-refractivity contribution in [1.29, 1.82) is 0 Å². The molecule has 4 heteroatoms. The summed E-state index contributed by atoms with van der Waals surface area (Å²) in [6.07, 6.45) is 5.44. The predicted molar refractivity (Wildman–Crippen MR) is 55.1 cm³/mol. The molecule has 1 fully saturated rings. The number of hydrogen-bond acceptors (Lipinski definition) is 3. The van der Waals surface area contributed by atoms with Crippen LogP contribution in [0.15, 0.2) is 0 Å². The van der Waals surface area contributed by atoms with Crippen LogP contribution in [0.5, 0.6) is 0 Å². The average molecular weight is 200 g/mol. The molecular weight excluding hydrogens is 180 g/mol. The SMILES string of the molecule is NC1CCC(NCCCC(=O)O)CC1. The lowest BCUT2D eigenvalue weighted by molar-refractivity contribution is -0.137. The Morgan fingerprint density at radius 3 is 2.57 bits per heavy atom. The number of carboxylic acids is 1. The second-order valence-corrected chi connectivity index (χ2v) is 4.06. The number of aliphatic carboxylic acids is 1. The molecule has 1 aliphatic rings. The summed E-state index contributed by atoms with van der Waals surface area (Å²) in [7, 11) is 0. The van der Waals surface area contributed by atoms with Crippen LogP contribution in [-0.2, 0) is 4.79 Å². The van der Waals surface area contributed by atoms with Gasteiger partial charge in [0, 0.05) is 18.5 Å². The minimum atomic E-state index is -0.711. The summed E-state index contributed by atoms with van der Waals surface area (Å²) < 4.78 is 0. The first kappa shape index (κ1) is 11.5. The first-order chi connectivity index (χ1) is 6.68. The minimum absolute atomic E-state index is 0.263. The molecule has 0 saturated heterocycles. The van der Waals surface area contributed by atoms with Crippen LogP contribution in [0, 0.1) is 0 Å². The molecule has 1 rings (SSSR count). The molecule has 14 heavy (non-hydrogen) atoms. The van der Waals surface area contributed by atoms with E-state index in [4.69, 9.17) is 10.8 Å². The molecule has 0 aromatic carbocycles. The van der Waals surface area contributed by atoms with Crippen LogP contribution >= 0.6 is 0 Å². The van der Waals surface area contributed by atoms with Crippen LogP contribution in [0.2, 0.25) is 0 Å². The van der Waals surface area contributed by atoms with Crippen molar-refractivity contribution in [3.63, 3.8) is 0 Å². The van der Waals surface area contributed by atoms with Crippen LogP contribution in [0.1, 0.15) is 38.5 Å². The molecule has 0 heterocycles. The number of nitrogens with one attached hydrogen (secondary N) is 1. The van der Waals surface area contributed by atoms with Crippen molar-refractivity contribution >= 4 is 5.97 Å². The molecule has 0 amide bonds. The molecule has 0 radical (unpaired) electrons. The van der Waals surface area contributed by atoms with Gasteiger partial charge in [-0.3, -0.25) is 4.79 Å². The lowest BCUT2D eigenvalue weighted by Crippen LogP contribution is -2.37. The summed E-state index contributed by atoms with van der Waals surface area (Å²) in [5, 5.41) is 11.8. The van der Waals surface area contributed by atoms with Gasteiger partial charge in [-0.05, 0) is 38.6 Å². The monoisotopic (exact) mass is 200 g/mol. The second-order valence-electron chi connectivity index (χ2n) is 4.06. The Hall–Kier alpha value is -0.610. The third-order valence-corrected chi connectivity index (χ3v) is 2.77. The van der Waals surface area contributed by atoms with Crippen LogP contribution in [0.25, 0.3) is 0 Å². The van der Waals surface area contributed by atoms with E-state index < -0.39 is 5.97 Å². The number of carboxylic acid groups (broad SMARTS) is 1. The number of rotatable bonds is 5. The van der Waals surface area contributed by atoms with Gasteiger partial charge in [0.15, 0.2) is 0 Å². The highest BCUT2D eigenvalue weighted by Crippen LogP contribution is 2.16. The molecule has 1 aliphatic carbocycles. The second kappa shape index (κ2) is 5.98. The number of carbonyl (C=O) groups is 1. The Labute approximate surface area is 84.9 Å². The zero-order valence-corrected chi connectivity index (χ0v) is 8.54. The first-order valence-electron chi connectivity index (χ1n) is 5.39. The van der Waals surface area contributed by atoms with Crippen molar-refractivity contribution in [2.75, 3.05) is 6.54 Å². The fourth-order valence-corrected chi connectivity index (χ4v) is 1.87. The van der Waals surface area contributed by atoms with Gasteiger partial charge in [-0.2, -0.15) is 0 Å². The van der Waals surface area contributed by atoms with E-state index in [1.165, 1.54) is 0 Å². The maximum absolute atomic E-state index is 10.2. The lowest BCUT2D eigenvalue weighted by Gasteiger charge is -2.26. The highest BCUT2D eigenvalue weighted by atomic mass is 16.4. The topological polar surface area (TPSA) is 75.3 Å². The summed E-state index contributed by atoms with van der Waals surface area (Å²) in [6, 6.07) is 0.940. The van der Waals surface area contributed by atoms with Gasteiger partial charge in [-0.1, -0.05) is 0 Å². The maximum Gasteiger partial charge on any atom is 0.303 e. The molecule has 0 bridgehead atoms. The molecule has 0 atom stereocenters. The van der Waals surface area contributed by atoms with E-state index in [1.54, 1.807) is 0 Å². The van der Waals surface area contributed by atoms with Crippen LogP contribution < -0.4 is 11.1 Å². The molecule has 0 aromatic rings. The van der Waals surface area contributed by atoms with E-state index in [-0.39, 0.29) is 6.42 Å².